The first-order chi connectivity index (χ1) is 10.2. The average molecular weight is 284 g/mol. The molecule has 0 aliphatic carbocycles. The lowest BCUT2D eigenvalue weighted by atomic mass is 9.94. The molecule has 0 aliphatic heterocycles. The normalized spacial score (nSPS) is 12.5. The van der Waals surface area contributed by atoms with Crippen LogP contribution in [-0.4, -0.2) is 0 Å². The highest BCUT2D eigenvalue weighted by Gasteiger charge is 2.20. The van der Waals surface area contributed by atoms with Gasteiger partial charge in [-0.3, -0.25) is 5.84 Å². The van der Waals surface area contributed by atoms with E-state index in [0.29, 0.717) is 0 Å². The molecule has 0 aliphatic rings. The van der Waals surface area contributed by atoms with Gasteiger partial charge < -0.3 is 0 Å². The summed E-state index contributed by atoms with van der Waals surface area (Å²) >= 11 is 0. The van der Waals surface area contributed by atoms with Gasteiger partial charge in [-0.15, -0.1) is 0 Å². The van der Waals surface area contributed by atoms with Crippen molar-refractivity contribution in [2.45, 2.75) is 6.04 Å². The number of nitrogens with one attached hydrogen (secondary N) is 1. The SMILES string of the molecule is NNC(c1cccc(F)c1F)c1cccc2ccccc12. The molecule has 0 bridgehead atoms. The number of benzene rings is 3. The molecule has 2 nitrogen and oxygen atoms in total. The molecule has 3 aromatic rings. The van der Waals surface area contributed by atoms with Gasteiger partial charge in [0.15, 0.2) is 11.6 Å². The van der Waals surface area contributed by atoms with Crippen molar-refractivity contribution in [1.82, 2.24) is 5.43 Å². The topological polar surface area (TPSA) is 38.0 Å². The third-order valence-electron chi connectivity index (χ3n) is 3.59. The van der Waals surface area contributed by atoms with E-state index in [2.05, 4.69) is 5.43 Å². The molecule has 0 spiro atoms. The highest BCUT2D eigenvalue weighted by atomic mass is 19.2. The third-order valence-corrected chi connectivity index (χ3v) is 3.59. The largest absolute Gasteiger partial charge is 0.271 e. The molecule has 0 heterocycles. The summed E-state index contributed by atoms with van der Waals surface area (Å²) in [5.41, 5.74) is 3.58. The van der Waals surface area contributed by atoms with Gasteiger partial charge in [0.1, 0.15) is 0 Å². The quantitative estimate of drug-likeness (QED) is 0.569. The van der Waals surface area contributed by atoms with Crippen LogP contribution in [0.15, 0.2) is 60.7 Å². The van der Waals surface area contributed by atoms with E-state index in [1.54, 1.807) is 0 Å². The van der Waals surface area contributed by atoms with Gasteiger partial charge >= 0.3 is 0 Å². The maximum Gasteiger partial charge on any atom is 0.163 e. The van der Waals surface area contributed by atoms with E-state index in [-0.39, 0.29) is 5.56 Å². The summed E-state index contributed by atoms with van der Waals surface area (Å²) in [6.07, 6.45) is 0. The average Bonchev–Trinajstić information content (AvgIpc) is 2.52. The van der Waals surface area contributed by atoms with Crippen molar-refractivity contribution in [3.63, 3.8) is 0 Å². The van der Waals surface area contributed by atoms with Crippen molar-refractivity contribution in [3.8, 4) is 0 Å². The van der Waals surface area contributed by atoms with Crippen LogP contribution in [0.2, 0.25) is 0 Å². The van der Waals surface area contributed by atoms with E-state index < -0.39 is 17.7 Å². The summed E-state index contributed by atoms with van der Waals surface area (Å²) in [6, 6.07) is 16.9. The van der Waals surface area contributed by atoms with Crippen LogP contribution in [0.1, 0.15) is 17.2 Å². The van der Waals surface area contributed by atoms with E-state index in [4.69, 9.17) is 5.84 Å². The molecule has 1 unspecified atom stereocenters. The number of hydrogen-bond acceptors (Lipinski definition) is 2. The van der Waals surface area contributed by atoms with Gasteiger partial charge in [0.05, 0.1) is 6.04 Å². The monoisotopic (exact) mass is 284 g/mol. The van der Waals surface area contributed by atoms with E-state index in [1.165, 1.54) is 12.1 Å². The van der Waals surface area contributed by atoms with Crippen LogP contribution >= 0.6 is 0 Å². The number of hydrogen-bond donors (Lipinski definition) is 2. The molecule has 4 heteroatoms. The molecule has 0 saturated carbocycles. The lowest BCUT2D eigenvalue weighted by molar-refractivity contribution is 0.483. The zero-order valence-electron chi connectivity index (χ0n) is 11.2. The molecular formula is C17H14F2N2. The fourth-order valence-corrected chi connectivity index (χ4v) is 2.59. The molecule has 3 N–H and O–H groups in total. The van der Waals surface area contributed by atoms with Crippen LogP contribution in [0.4, 0.5) is 8.78 Å². The van der Waals surface area contributed by atoms with Gasteiger partial charge in [0, 0.05) is 5.56 Å². The first-order valence-corrected chi connectivity index (χ1v) is 6.60. The zero-order valence-corrected chi connectivity index (χ0v) is 11.2. The minimum absolute atomic E-state index is 0.189. The lowest BCUT2D eigenvalue weighted by Crippen LogP contribution is -2.29. The van der Waals surface area contributed by atoms with Gasteiger partial charge in [0.2, 0.25) is 0 Å². The second-order valence-electron chi connectivity index (χ2n) is 4.81. The second kappa shape index (κ2) is 5.60. The molecular weight excluding hydrogens is 270 g/mol. The van der Waals surface area contributed by atoms with Crippen molar-refractivity contribution in [3.05, 3.63) is 83.4 Å². The van der Waals surface area contributed by atoms with Crippen LogP contribution in [0.3, 0.4) is 0 Å². The highest BCUT2D eigenvalue weighted by Crippen LogP contribution is 2.30. The molecule has 0 fully saturated rings. The molecule has 3 aromatic carbocycles. The van der Waals surface area contributed by atoms with Gasteiger partial charge in [-0.2, -0.15) is 0 Å². The fraction of sp³-hybridized carbons (Fsp3) is 0.0588. The number of rotatable bonds is 3. The van der Waals surface area contributed by atoms with Gasteiger partial charge in [-0.05, 0) is 22.4 Å². The first-order valence-electron chi connectivity index (χ1n) is 6.60. The molecule has 3 rings (SSSR count). The predicted molar refractivity (Wildman–Crippen MR) is 79.5 cm³/mol. The van der Waals surface area contributed by atoms with Crippen molar-refractivity contribution in [2.24, 2.45) is 5.84 Å². The first kappa shape index (κ1) is 13.7. The minimum Gasteiger partial charge on any atom is -0.271 e. The Morgan fingerprint density at radius 2 is 1.48 bits per heavy atom. The number of hydrazine groups is 1. The minimum atomic E-state index is -0.881. The lowest BCUT2D eigenvalue weighted by Gasteiger charge is -2.19. The van der Waals surface area contributed by atoms with E-state index in [9.17, 15) is 8.78 Å². The summed E-state index contributed by atoms with van der Waals surface area (Å²) in [5.74, 6) is 3.85. The molecule has 0 aromatic heterocycles. The zero-order chi connectivity index (χ0) is 14.8. The van der Waals surface area contributed by atoms with Gasteiger partial charge in [-0.1, -0.05) is 54.6 Å². The molecule has 0 radical (unpaired) electrons. The molecule has 1 atom stereocenters. The van der Waals surface area contributed by atoms with Crippen LogP contribution in [-0.2, 0) is 0 Å². The smallest absolute Gasteiger partial charge is 0.163 e. The maximum absolute atomic E-state index is 14.1. The summed E-state index contributed by atoms with van der Waals surface area (Å²) in [7, 11) is 0. The summed E-state index contributed by atoms with van der Waals surface area (Å²) in [6.45, 7) is 0. The second-order valence-corrected chi connectivity index (χ2v) is 4.81. The summed E-state index contributed by atoms with van der Waals surface area (Å²) < 4.78 is 27.5. The number of halogens is 2. The van der Waals surface area contributed by atoms with Crippen molar-refractivity contribution < 1.29 is 8.78 Å². The van der Waals surface area contributed by atoms with Crippen LogP contribution in [0.25, 0.3) is 10.8 Å². The van der Waals surface area contributed by atoms with Crippen molar-refractivity contribution in [2.75, 3.05) is 0 Å². The Hall–Kier alpha value is -2.30. The van der Waals surface area contributed by atoms with Crippen LogP contribution < -0.4 is 11.3 Å². The van der Waals surface area contributed by atoms with Crippen molar-refractivity contribution >= 4 is 10.8 Å². The van der Waals surface area contributed by atoms with Crippen molar-refractivity contribution in [1.29, 1.82) is 0 Å². The molecule has 106 valence electrons. The van der Waals surface area contributed by atoms with E-state index in [0.717, 1.165) is 22.4 Å². The fourth-order valence-electron chi connectivity index (χ4n) is 2.59. The number of nitrogens with two attached hydrogens (primary N) is 1. The number of fused-ring (bicyclic) bond motifs is 1. The highest BCUT2D eigenvalue weighted by molar-refractivity contribution is 5.86. The summed E-state index contributed by atoms with van der Waals surface area (Å²) in [5, 5.41) is 1.97. The third kappa shape index (κ3) is 2.39. The molecule has 0 amide bonds. The van der Waals surface area contributed by atoms with E-state index >= 15 is 0 Å². The standard InChI is InChI=1S/C17H14F2N2/c18-15-10-4-9-14(16(15)19)17(21-20)13-8-3-6-11-5-1-2-7-12(11)13/h1-10,17,21H,20H2. The maximum atomic E-state index is 14.1. The van der Waals surface area contributed by atoms with E-state index in [1.807, 2.05) is 42.5 Å². The Labute approximate surface area is 121 Å². The summed E-state index contributed by atoms with van der Waals surface area (Å²) in [4.78, 5) is 0. The predicted octanol–water partition coefficient (Wildman–Crippen LogP) is 3.67. The van der Waals surface area contributed by atoms with Crippen LogP contribution in [0.5, 0.6) is 0 Å². The van der Waals surface area contributed by atoms with Gasteiger partial charge in [-0.25, -0.2) is 14.2 Å². The Morgan fingerprint density at radius 3 is 2.29 bits per heavy atom. The van der Waals surface area contributed by atoms with Gasteiger partial charge in [0.25, 0.3) is 0 Å². The Kier molecular flexibility index (Phi) is 3.64. The molecule has 21 heavy (non-hydrogen) atoms. The Bertz CT molecular complexity index is 781. The Balaban J connectivity index is 2.21. The molecule has 0 saturated heterocycles. The Morgan fingerprint density at radius 1 is 0.810 bits per heavy atom. The van der Waals surface area contributed by atoms with Crippen LogP contribution in [0, 0.1) is 11.6 Å².